The first kappa shape index (κ1) is 16.9. The van der Waals surface area contributed by atoms with Gasteiger partial charge in [-0.3, -0.25) is 4.98 Å². The molecule has 0 saturated carbocycles. The molecule has 0 aliphatic heterocycles. The fourth-order valence-electron chi connectivity index (χ4n) is 2.52. The minimum atomic E-state index is 0.118. The third-order valence-electron chi connectivity index (χ3n) is 3.48. The summed E-state index contributed by atoms with van der Waals surface area (Å²) in [6, 6.07) is 13.4. The van der Waals surface area contributed by atoms with Crippen LogP contribution >= 0.6 is 23.2 Å². The molecule has 1 N–H and O–H groups in total. The van der Waals surface area contributed by atoms with Gasteiger partial charge >= 0.3 is 0 Å². The van der Waals surface area contributed by atoms with Crippen LogP contribution in [0.1, 0.15) is 19.5 Å². The molecule has 0 bridgehead atoms. The summed E-state index contributed by atoms with van der Waals surface area (Å²) in [6.45, 7) is 5.98. The molecule has 0 radical (unpaired) electrons. The molecule has 3 aromatic rings. The molecule has 3 rings (SSSR count). The number of benzene rings is 2. The lowest BCUT2D eigenvalue weighted by molar-refractivity contribution is 0.243. The summed E-state index contributed by atoms with van der Waals surface area (Å²) in [4.78, 5) is 4.59. The van der Waals surface area contributed by atoms with Gasteiger partial charge in [-0.15, -0.1) is 0 Å². The summed E-state index contributed by atoms with van der Waals surface area (Å²) >= 11 is 12.1. The number of halogens is 2. The molecule has 0 atom stereocenters. The van der Waals surface area contributed by atoms with Crippen LogP contribution in [0.25, 0.3) is 10.9 Å². The Morgan fingerprint density at radius 3 is 2.50 bits per heavy atom. The predicted octanol–water partition coefficient (Wildman–Crippen LogP) is 6.38. The van der Waals surface area contributed by atoms with Crippen molar-refractivity contribution >= 4 is 45.5 Å². The number of nitrogens with zero attached hydrogens (tertiary/aromatic N) is 1. The van der Waals surface area contributed by atoms with Crippen molar-refractivity contribution in [3.63, 3.8) is 0 Å². The Bertz CT molecular complexity index is 894. The monoisotopic (exact) mass is 360 g/mol. The smallest absolute Gasteiger partial charge is 0.120 e. The molecule has 3 nitrogen and oxygen atoms in total. The van der Waals surface area contributed by atoms with Crippen LogP contribution in [-0.2, 0) is 0 Å². The van der Waals surface area contributed by atoms with Crippen LogP contribution in [0, 0.1) is 6.92 Å². The number of aromatic nitrogens is 1. The van der Waals surface area contributed by atoms with Gasteiger partial charge in [-0.25, -0.2) is 0 Å². The highest BCUT2D eigenvalue weighted by atomic mass is 35.5. The van der Waals surface area contributed by atoms with Crippen molar-refractivity contribution in [2.75, 3.05) is 5.32 Å². The zero-order chi connectivity index (χ0) is 17.3. The van der Waals surface area contributed by atoms with Crippen molar-refractivity contribution in [1.82, 2.24) is 4.98 Å². The Morgan fingerprint density at radius 2 is 1.79 bits per heavy atom. The third-order valence-corrected chi connectivity index (χ3v) is 4.22. The summed E-state index contributed by atoms with van der Waals surface area (Å²) in [5, 5.41) is 5.44. The topological polar surface area (TPSA) is 34.1 Å². The number of nitrogens with one attached hydrogen (secondary N) is 1. The first-order valence-electron chi connectivity index (χ1n) is 7.72. The number of ether oxygens (including phenoxy) is 1. The van der Waals surface area contributed by atoms with Crippen molar-refractivity contribution in [2.24, 2.45) is 0 Å². The molecule has 0 saturated heterocycles. The number of rotatable bonds is 4. The minimum Gasteiger partial charge on any atom is -0.491 e. The van der Waals surface area contributed by atoms with E-state index in [0.29, 0.717) is 10.0 Å². The van der Waals surface area contributed by atoms with Crippen LogP contribution in [0.15, 0.2) is 42.5 Å². The summed E-state index contributed by atoms with van der Waals surface area (Å²) in [5.74, 6) is 0.820. The molecule has 24 heavy (non-hydrogen) atoms. The first-order valence-corrected chi connectivity index (χ1v) is 8.48. The molecule has 0 spiro atoms. The van der Waals surface area contributed by atoms with E-state index in [-0.39, 0.29) is 6.10 Å². The zero-order valence-corrected chi connectivity index (χ0v) is 15.2. The lowest BCUT2D eigenvalue weighted by Gasteiger charge is -2.14. The highest BCUT2D eigenvalue weighted by Gasteiger charge is 2.08. The summed E-state index contributed by atoms with van der Waals surface area (Å²) < 4.78 is 5.80. The van der Waals surface area contributed by atoms with Crippen LogP contribution in [0.5, 0.6) is 5.75 Å². The predicted molar refractivity (Wildman–Crippen MR) is 102 cm³/mol. The zero-order valence-electron chi connectivity index (χ0n) is 13.7. The largest absolute Gasteiger partial charge is 0.491 e. The van der Waals surface area contributed by atoms with Gasteiger partial charge in [0.25, 0.3) is 0 Å². The third kappa shape index (κ3) is 3.74. The molecule has 0 aliphatic carbocycles. The van der Waals surface area contributed by atoms with Crippen LogP contribution in [0.4, 0.5) is 11.4 Å². The van der Waals surface area contributed by atoms with Crippen molar-refractivity contribution in [1.29, 1.82) is 0 Å². The van der Waals surface area contributed by atoms with Gasteiger partial charge in [-0.1, -0.05) is 23.2 Å². The van der Waals surface area contributed by atoms with Crippen LogP contribution in [0.2, 0.25) is 10.0 Å². The average molecular weight is 361 g/mol. The fraction of sp³-hybridized carbons (Fsp3) is 0.211. The number of pyridine rings is 1. The van der Waals surface area contributed by atoms with E-state index in [1.807, 2.05) is 51.1 Å². The molecule has 1 aromatic heterocycles. The molecular formula is C19H18Cl2N2O. The van der Waals surface area contributed by atoms with E-state index in [0.717, 1.165) is 33.7 Å². The molecule has 1 heterocycles. The number of hydrogen-bond donors (Lipinski definition) is 1. The number of aryl methyl sites for hydroxylation is 1. The van der Waals surface area contributed by atoms with Gasteiger partial charge in [-0.2, -0.15) is 0 Å². The lowest BCUT2D eigenvalue weighted by atomic mass is 10.1. The standard InChI is InChI=1S/C19H18Cl2N2O/c1-11(2)24-14-5-7-18-15(10-14)19(8-12(3)22-18)23-13-4-6-16(20)17(21)9-13/h4-11H,1-3H3,(H,22,23). The number of hydrogen-bond acceptors (Lipinski definition) is 3. The van der Waals surface area contributed by atoms with E-state index >= 15 is 0 Å². The molecule has 5 heteroatoms. The van der Waals surface area contributed by atoms with Gasteiger partial charge in [0, 0.05) is 22.5 Å². The number of fused-ring (bicyclic) bond motifs is 1. The van der Waals surface area contributed by atoms with E-state index in [1.54, 1.807) is 12.1 Å². The quantitative estimate of drug-likeness (QED) is 0.585. The Morgan fingerprint density at radius 1 is 1.00 bits per heavy atom. The lowest BCUT2D eigenvalue weighted by Crippen LogP contribution is -2.05. The molecule has 0 fully saturated rings. The maximum atomic E-state index is 6.11. The van der Waals surface area contributed by atoms with E-state index in [4.69, 9.17) is 27.9 Å². The molecule has 124 valence electrons. The highest BCUT2D eigenvalue weighted by molar-refractivity contribution is 6.42. The van der Waals surface area contributed by atoms with E-state index < -0.39 is 0 Å². The second kappa shape index (κ2) is 6.88. The molecule has 0 amide bonds. The van der Waals surface area contributed by atoms with Crippen molar-refractivity contribution < 1.29 is 4.74 Å². The van der Waals surface area contributed by atoms with Crippen LogP contribution in [-0.4, -0.2) is 11.1 Å². The van der Waals surface area contributed by atoms with E-state index in [1.165, 1.54) is 0 Å². The fourth-order valence-corrected chi connectivity index (χ4v) is 2.81. The van der Waals surface area contributed by atoms with E-state index in [2.05, 4.69) is 10.3 Å². The van der Waals surface area contributed by atoms with Crippen LogP contribution in [0.3, 0.4) is 0 Å². The van der Waals surface area contributed by atoms with Gasteiger partial charge in [0.05, 0.1) is 21.7 Å². The number of anilines is 2. The summed E-state index contributed by atoms with van der Waals surface area (Å²) in [7, 11) is 0. The maximum absolute atomic E-state index is 6.11. The molecule has 2 aromatic carbocycles. The Balaban J connectivity index is 2.05. The Hall–Kier alpha value is -1.97. The van der Waals surface area contributed by atoms with Crippen LogP contribution < -0.4 is 10.1 Å². The molecule has 0 aliphatic rings. The SMILES string of the molecule is Cc1cc(Nc2ccc(Cl)c(Cl)c2)c2cc(OC(C)C)ccc2n1. The van der Waals surface area contributed by atoms with Gasteiger partial charge in [0.1, 0.15) is 5.75 Å². The van der Waals surface area contributed by atoms with Gasteiger partial charge < -0.3 is 10.1 Å². The van der Waals surface area contributed by atoms with Crippen molar-refractivity contribution in [3.05, 3.63) is 58.2 Å². The first-order chi connectivity index (χ1) is 11.4. The molecular weight excluding hydrogens is 343 g/mol. The van der Waals surface area contributed by atoms with Gasteiger partial charge in [0.15, 0.2) is 0 Å². The maximum Gasteiger partial charge on any atom is 0.120 e. The second-order valence-electron chi connectivity index (χ2n) is 5.91. The second-order valence-corrected chi connectivity index (χ2v) is 6.73. The normalized spacial score (nSPS) is 11.1. The summed E-state index contributed by atoms with van der Waals surface area (Å²) in [5.41, 5.74) is 3.66. The Kier molecular flexibility index (Phi) is 4.83. The highest BCUT2D eigenvalue weighted by Crippen LogP contribution is 2.32. The minimum absolute atomic E-state index is 0.118. The van der Waals surface area contributed by atoms with E-state index in [9.17, 15) is 0 Å². The van der Waals surface area contributed by atoms with Crippen molar-refractivity contribution in [2.45, 2.75) is 26.9 Å². The Labute approximate surface area is 151 Å². The van der Waals surface area contributed by atoms with Gasteiger partial charge in [0.2, 0.25) is 0 Å². The summed E-state index contributed by atoms with van der Waals surface area (Å²) in [6.07, 6.45) is 0.118. The molecule has 0 unspecified atom stereocenters. The van der Waals surface area contributed by atoms with Crippen molar-refractivity contribution in [3.8, 4) is 5.75 Å². The van der Waals surface area contributed by atoms with Gasteiger partial charge in [-0.05, 0) is 63.2 Å². The average Bonchev–Trinajstić information content (AvgIpc) is 2.51.